The zero-order valence-electron chi connectivity index (χ0n) is 30.3. The first-order valence-electron chi connectivity index (χ1n) is 17.5. The van der Waals surface area contributed by atoms with Crippen molar-refractivity contribution in [1.82, 2.24) is 31.9 Å². The first kappa shape index (κ1) is 43.7. The molecule has 7 amide bonds. The molecule has 3 aromatic carbocycles. The Labute approximate surface area is 322 Å². The molecular weight excluding hydrogens is 728 g/mol. The molecule has 0 saturated carbocycles. The smallest absolute Gasteiger partial charge is 0.328 e. The van der Waals surface area contributed by atoms with Crippen LogP contribution in [0.1, 0.15) is 23.1 Å². The van der Waals surface area contributed by atoms with E-state index >= 15 is 0 Å². The van der Waals surface area contributed by atoms with Gasteiger partial charge in [-0.2, -0.15) is 0 Å². The first-order valence-corrected chi connectivity index (χ1v) is 17.5. The zero-order valence-corrected chi connectivity index (χ0v) is 30.3. The number of carboxylic acid groups (broad SMARTS) is 1. The SMILES string of the molecule is NC(=O)C[C@H](NC(=O)[C@H](Cc1ccccc1)NC(=O)CNC(=O)CNC(=O)[C@@H](N)Cc1ccccc1)C(=O)N[C@@H](Cc1ccccc1)C(=O)N[C@@H](CO)C(=O)O. The van der Waals surface area contributed by atoms with E-state index in [0.29, 0.717) is 11.1 Å². The maximum Gasteiger partial charge on any atom is 0.328 e. The van der Waals surface area contributed by atoms with Gasteiger partial charge < -0.3 is 53.6 Å². The van der Waals surface area contributed by atoms with Gasteiger partial charge in [0, 0.05) is 12.8 Å². The normalized spacial score (nSPS) is 13.3. The Morgan fingerprint density at radius 3 is 1.39 bits per heavy atom. The van der Waals surface area contributed by atoms with Gasteiger partial charge in [0.1, 0.15) is 24.2 Å². The Morgan fingerprint density at radius 1 is 0.518 bits per heavy atom. The highest BCUT2D eigenvalue weighted by Crippen LogP contribution is 2.08. The molecular formula is C38H46N8O10. The van der Waals surface area contributed by atoms with Gasteiger partial charge in [-0.05, 0) is 23.1 Å². The summed E-state index contributed by atoms with van der Waals surface area (Å²) in [6, 6.07) is 18.8. The van der Waals surface area contributed by atoms with Gasteiger partial charge >= 0.3 is 5.97 Å². The summed E-state index contributed by atoms with van der Waals surface area (Å²) in [5, 5.41) is 32.9. The van der Waals surface area contributed by atoms with Crippen molar-refractivity contribution in [1.29, 1.82) is 0 Å². The molecule has 18 nitrogen and oxygen atoms in total. The molecule has 12 N–H and O–H groups in total. The minimum absolute atomic E-state index is 0.0938. The number of carbonyl (C=O) groups excluding carboxylic acids is 7. The highest BCUT2D eigenvalue weighted by Gasteiger charge is 2.32. The van der Waals surface area contributed by atoms with Crippen LogP contribution in [0.5, 0.6) is 0 Å². The number of hydrogen-bond donors (Lipinski definition) is 10. The van der Waals surface area contributed by atoms with Crippen LogP contribution in [0, 0.1) is 0 Å². The van der Waals surface area contributed by atoms with Gasteiger partial charge in [-0.15, -0.1) is 0 Å². The second-order valence-electron chi connectivity index (χ2n) is 12.7. The van der Waals surface area contributed by atoms with Crippen LogP contribution in [0.25, 0.3) is 0 Å². The van der Waals surface area contributed by atoms with Crippen molar-refractivity contribution in [2.45, 2.75) is 55.9 Å². The molecule has 0 saturated heterocycles. The number of aliphatic hydroxyl groups excluding tert-OH is 1. The van der Waals surface area contributed by atoms with Gasteiger partial charge in [-0.3, -0.25) is 33.6 Å². The van der Waals surface area contributed by atoms with Crippen molar-refractivity contribution in [3.8, 4) is 0 Å². The van der Waals surface area contributed by atoms with E-state index in [-0.39, 0.29) is 19.3 Å². The maximum absolute atomic E-state index is 13.7. The number of hydrogen-bond acceptors (Lipinski definition) is 10. The second-order valence-corrected chi connectivity index (χ2v) is 12.7. The van der Waals surface area contributed by atoms with Gasteiger partial charge in [0.15, 0.2) is 0 Å². The molecule has 0 aliphatic heterocycles. The molecule has 0 aliphatic carbocycles. The number of carbonyl (C=O) groups is 8. The fourth-order valence-corrected chi connectivity index (χ4v) is 5.28. The van der Waals surface area contributed by atoms with Gasteiger partial charge in [0.25, 0.3) is 0 Å². The lowest BCUT2D eigenvalue weighted by molar-refractivity contribution is -0.143. The largest absolute Gasteiger partial charge is 0.480 e. The molecule has 18 heteroatoms. The minimum Gasteiger partial charge on any atom is -0.480 e. The topological polar surface area (TPSA) is 301 Å². The Bertz CT molecular complexity index is 1810. The number of benzene rings is 3. The molecule has 0 bridgehead atoms. The quantitative estimate of drug-likeness (QED) is 0.0496. The summed E-state index contributed by atoms with van der Waals surface area (Å²) in [7, 11) is 0. The molecule has 0 unspecified atom stereocenters. The number of primary amides is 1. The van der Waals surface area contributed by atoms with Gasteiger partial charge in [-0.25, -0.2) is 4.79 Å². The summed E-state index contributed by atoms with van der Waals surface area (Å²) < 4.78 is 0. The summed E-state index contributed by atoms with van der Waals surface area (Å²) in [6.07, 6.45) is -0.723. The number of amides is 7. The Hall–Kier alpha value is -6.66. The molecule has 0 heterocycles. The molecule has 56 heavy (non-hydrogen) atoms. The molecule has 0 radical (unpaired) electrons. The highest BCUT2D eigenvalue weighted by atomic mass is 16.4. The van der Waals surface area contributed by atoms with Crippen molar-refractivity contribution in [2.75, 3.05) is 19.7 Å². The second kappa shape index (κ2) is 22.5. The lowest BCUT2D eigenvalue weighted by Gasteiger charge is -2.25. The van der Waals surface area contributed by atoms with Gasteiger partial charge in [0.2, 0.25) is 41.4 Å². The van der Waals surface area contributed by atoms with Crippen molar-refractivity contribution in [3.05, 3.63) is 108 Å². The molecule has 3 rings (SSSR count). The lowest BCUT2D eigenvalue weighted by Crippen LogP contribution is -2.59. The molecule has 3 aromatic rings. The number of rotatable bonds is 22. The fraction of sp³-hybridized carbons (Fsp3) is 0.316. The lowest BCUT2D eigenvalue weighted by atomic mass is 10.0. The van der Waals surface area contributed by atoms with Gasteiger partial charge in [0.05, 0.1) is 32.2 Å². The van der Waals surface area contributed by atoms with E-state index in [2.05, 4.69) is 31.9 Å². The third-order valence-electron chi connectivity index (χ3n) is 8.19. The first-order chi connectivity index (χ1) is 26.7. The van der Waals surface area contributed by atoms with Crippen LogP contribution in [0.2, 0.25) is 0 Å². The molecule has 298 valence electrons. The van der Waals surface area contributed by atoms with Crippen LogP contribution in [-0.4, -0.2) is 107 Å². The Morgan fingerprint density at radius 2 is 0.929 bits per heavy atom. The number of aliphatic hydroxyl groups is 1. The van der Waals surface area contributed by atoms with Crippen molar-refractivity contribution < 1.29 is 48.6 Å². The number of nitrogens with two attached hydrogens (primary N) is 2. The summed E-state index contributed by atoms with van der Waals surface area (Å²) in [5.74, 6) is -7.57. The van der Waals surface area contributed by atoms with Crippen molar-refractivity contribution >= 4 is 47.3 Å². The highest BCUT2D eigenvalue weighted by molar-refractivity contribution is 5.97. The van der Waals surface area contributed by atoms with E-state index in [1.165, 1.54) is 0 Å². The van der Waals surface area contributed by atoms with E-state index in [0.717, 1.165) is 5.56 Å². The third-order valence-corrected chi connectivity index (χ3v) is 8.19. The summed E-state index contributed by atoms with van der Waals surface area (Å²) in [4.78, 5) is 102. The third kappa shape index (κ3) is 15.4. The molecule has 0 fully saturated rings. The number of nitrogens with one attached hydrogen (secondary N) is 6. The monoisotopic (exact) mass is 774 g/mol. The fourth-order valence-electron chi connectivity index (χ4n) is 5.28. The van der Waals surface area contributed by atoms with Gasteiger partial charge in [-0.1, -0.05) is 91.0 Å². The maximum atomic E-state index is 13.7. The van der Waals surface area contributed by atoms with Crippen molar-refractivity contribution in [2.24, 2.45) is 11.5 Å². The van der Waals surface area contributed by atoms with Crippen LogP contribution in [0.4, 0.5) is 0 Å². The number of aliphatic carboxylic acids is 1. The van der Waals surface area contributed by atoms with E-state index in [4.69, 9.17) is 11.5 Å². The molecule has 5 atom stereocenters. The molecule has 0 aromatic heterocycles. The predicted octanol–water partition coefficient (Wildman–Crippen LogP) is -2.83. The average molecular weight is 775 g/mol. The summed E-state index contributed by atoms with van der Waals surface area (Å²) in [5.41, 5.74) is 13.3. The van der Waals surface area contributed by atoms with E-state index < -0.39 is 104 Å². The van der Waals surface area contributed by atoms with Crippen LogP contribution in [-0.2, 0) is 57.6 Å². The van der Waals surface area contributed by atoms with Crippen LogP contribution in [0.15, 0.2) is 91.0 Å². The summed E-state index contributed by atoms with van der Waals surface area (Å²) in [6.45, 7) is -2.02. The summed E-state index contributed by atoms with van der Waals surface area (Å²) >= 11 is 0. The van der Waals surface area contributed by atoms with E-state index in [1.807, 2.05) is 6.07 Å². The van der Waals surface area contributed by atoms with Crippen molar-refractivity contribution in [3.63, 3.8) is 0 Å². The molecule has 0 aliphatic rings. The van der Waals surface area contributed by atoms with Crippen LogP contribution < -0.4 is 43.4 Å². The number of carboxylic acids is 1. The van der Waals surface area contributed by atoms with Crippen LogP contribution in [0.3, 0.4) is 0 Å². The van der Waals surface area contributed by atoms with E-state index in [9.17, 15) is 48.6 Å². The Kier molecular flexibility index (Phi) is 17.6. The van der Waals surface area contributed by atoms with E-state index in [1.54, 1.807) is 84.9 Å². The zero-order chi connectivity index (χ0) is 41.0. The standard InChI is InChI=1S/C38H46N8O10/c39-26(16-23-10-4-1-5-11-23)34(51)42-20-32(49)41-21-33(50)43-27(17-24-12-6-2-7-13-24)35(52)45-29(19-31(40)48)37(54)44-28(18-25-14-8-3-9-15-25)36(53)46-30(22-47)38(55)56/h1-15,26-30,47H,16-22,39H2,(H2,40,48)(H,41,49)(H,42,51)(H,43,50)(H,44,54)(H,45,52)(H,46,53)(H,55,56)/t26-,27-,28-,29-,30-/m0/s1. The average Bonchev–Trinajstić information content (AvgIpc) is 3.18. The predicted molar refractivity (Wildman–Crippen MR) is 201 cm³/mol. The van der Waals surface area contributed by atoms with Crippen LogP contribution >= 0.6 is 0 Å². The Balaban J connectivity index is 1.69. The molecule has 0 spiro atoms. The minimum atomic E-state index is -1.69.